The molecule has 5 nitrogen and oxygen atoms in total. The van der Waals surface area contributed by atoms with Crippen LogP contribution in [0, 0.1) is 5.92 Å². The predicted molar refractivity (Wildman–Crippen MR) is 95.2 cm³/mol. The largest absolute Gasteiger partial charge is 0.309 e. The molecule has 1 aliphatic carbocycles. The molecular weight excluding hydrogens is 322 g/mol. The Balaban J connectivity index is 1.57. The van der Waals surface area contributed by atoms with Gasteiger partial charge in [-0.2, -0.15) is 0 Å². The number of aromatic nitrogens is 1. The molecule has 24 heavy (non-hydrogen) atoms. The smallest absolute Gasteiger partial charge is 0.229 e. The van der Waals surface area contributed by atoms with E-state index in [4.69, 9.17) is 0 Å². The minimum absolute atomic E-state index is 0.0766. The maximum absolute atomic E-state index is 11.8. The standard InChI is InChI=1S/C18H19N3O2S/c1-10-7-14-8-13(5-6-16(14)21(10)11(2)22)15-9-24-18(19-15)20-17(23)12-3-4-12/h5-6,8-10,12H,3-4,7H2,1-2H3,(H,19,20,23). The van der Waals surface area contributed by atoms with E-state index in [1.807, 2.05) is 22.4 Å². The molecule has 1 N–H and O–H groups in total. The molecule has 1 aromatic carbocycles. The van der Waals surface area contributed by atoms with Crippen molar-refractivity contribution in [1.29, 1.82) is 0 Å². The van der Waals surface area contributed by atoms with Crippen molar-refractivity contribution >= 4 is 34.0 Å². The van der Waals surface area contributed by atoms with Crippen LogP contribution in [0.3, 0.4) is 0 Å². The van der Waals surface area contributed by atoms with Gasteiger partial charge in [-0.1, -0.05) is 6.07 Å². The summed E-state index contributed by atoms with van der Waals surface area (Å²) >= 11 is 1.45. The summed E-state index contributed by atoms with van der Waals surface area (Å²) < 4.78 is 0. The molecule has 1 atom stereocenters. The van der Waals surface area contributed by atoms with Crippen LogP contribution in [0.4, 0.5) is 10.8 Å². The van der Waals surface area contributed by atoms with Crippen LogP contribution >= 0.6 is 11.3 Å². The second-order valence-electron chi connectivity index (χ2n) is 6.59. The Kier molecular flexibility index (Phi) is 3.64. The number of anilines is 2. The molecule has 0 spiro atoms. The summed E-state index contributed by atoms with van der Waals surface area (Å²) in [6, 6.07) is 6.29. The minimum Gasteiger partial charge on any atom is -0.309 e. The number of amides is 2. The van der Waals surface area contributed by atoms with Gasteiger partial charge in [-0.15, -0.1) is 11.3 Å². The molecular formula is C18H19N3O2S. The first kappa shape index (κ1) is 15.3. The first-order valence-electron chi connectivity index (χ1n) is 8.22. The Labute approximate surface area is 144 Å². The zero-order valence-electron chi connectivity index (χ0n) is 13.7. The number of hydrogen-bond acceptors (Lipinski definition) is 4. The molecule has 2 amide bonds. The number of rotatable bonds is 3. The number of thiazole rings is 1. The summed E-state index contributed by atoms with van der Waals surface area (Å²) in [4.78, 5) is 30.0. The number of nitrogens with one attached hydrogen (secondary N) is 1. The second-order valence-corrected chi connectivity index (χ2v) is 7.45. The number of carbonyl (C=O) groups is 2. The minimum atomic E-state index is 0.0766. The quantitative estimate of drug-likeness (QED) is 0.930. The fourth-order valence-electron chi connectivity index (χ4n) is 3.29. The third-order valence-electron chi connectivity index (χ3n) is 4.61. The van der Waals surface area contributed by atoms with Crippen molar-refractivity contribution in [1.82, 2.24) is 4.98 Å². The van der Waals surface area contributed by atoms with E-state index in [1.54, 1.807) is 6.92 Å². The van der Waals surface area contributed by atoms with Gasteiger partial charge in [0, 0.05) is 35.5 Å². The van der Waals surface area contributed by atoms with Gasteiger partial charge in [0.05, 0.1) is 5.69 Å². The Morgan fingerprint density at radius 1 is 1.33 bits per heavy atom. The van der Waals surface area contributed by atoms with Gasteiger partial charge in [-0.3, -0.25) is 9.59 Å². The van der Waals surface area contributed by atoms with Crippen molar-refractivity contribution in [2.75, 3.05) is 10.2 Å². The zero-order valence-corrected chi connectivity index (χ0v) is 14.5. The summed E-state index contributed by atoms with van der Waals surface area (Å²) in [6.45, 7) is 3.67. The highest BCUT2D eigenvalue weighted by molar-refractivity contribution is 7.14. The highest BCUT2D eigenvalue weighted by atomic mass is 32.1. The molecule has 0 bridgehead atoms. The summed E-state index contributed by atoms with van der Waals surface area (Å²) in [5, 5.41) is 5.51. The molecule has 6 heteroatoms. The lowest BCUT2D eigenvalue weighted by Crippen LogP contribution is -2.33. The predicted octanol–water partition coefficient (Wildman–Crippen LogP) is 3.46. The Hall–Kier alpha value is -2.21. The van der Waals surface area contributed by atoms with Gasteiger partial charge < -0.3 is 10.2 Å². The first-order valence-corrected chi connectivity index (χ1v) is 9.10. The average Bonchev–Trinajstić information content (AvgIpc) is 3.20. The fraction of sp³-hybridized carbons (Fsp3) is 0.389. The van der Waals surface area contributed by atoms with E-state index in [-0.39, 0.29) is 23.8 Å². The van der Waals surface area contributed by atoms with Crippen LogP contribution in [0.15, 0.2) is 23.6 Å². The number of carbonyl (C=O) groups excluding carboxylic acids is 2. The van der Waals surface area contributed by atoms with Crippen LogP contribution in [0.2, 0.25) is 0 Å². The van der Waals surface area contributed by atoms with Crippen LogP contribution in [0.5, 0.6) is 0 Å². The topological polar surface area (TPSA) is 62.3 Å². The van der Waals surface area contributed by atoms with Crippen molar-refractivity contribution in [3.05, 3.63) is 29.1 Å². The molecule has 1 aromatic heterocycles. The summed E-state index contributed by atoms with van der Waals surface area (Å²) in [5.74, 6) is 0.333. The van der Waals surface area contributed by atoms with Crippen molar-refractivity contribution in [2.24, 2.45) is 5.92 Å². The summed E-state index contributed by atoms with van der Waals surface area (Å²) in [6.07, 6.45) is 2.83. The molecule has 0 saturated heterocycles. The molecule has 2 heterocycles. The summed E-state index contributed by atoms with van der Waals surface area (Å²) in [7, 11) is 0. The normalized spacial score (nSPS) is 19.2. The van der Waals surface area contributed by atoms with Crippen LogP contribution in [0.25, 0.3) is 11.3 Å². The highest BCUT2D eigenvalue weighted by Gasteiger charge is 2.31. The van der Waals surface area contributed by atoms with E-state index in [2.05, 4.69) is 23.3 Å². The molecule has 1 aliphatic heterocycles. The van der Waals surface area contributed by atoms with E-state index < -0.39 is 0 Å². The fourth-order valence-corrected chi connectivity index (χ4v) is 4.01. The molecule has 124 valence electrons. The van der Waals surface area contributed by atoms with Crippen LogP contribution < -0.4 is 10.2 Å². The maximum Gasteiger partial charge on any atom is 0.229 e. The van der Waals surface area contributed by atoms with Gasteiger partial charge in [-0.05, 0) is 43.9 Å². The first-order chi connectivity index (χ1) is 11.5. The lowest BCUT2D eigenvalue weighted by Gasteiger charge is -2.20. The average molecular weight is 341 g/mol. The third-order valence-corrected chi connectivity index (χ3v) is 5.37. The molecule has 0 radical (unpaired) electrons. The second kappa shape index (κ2) is 5.70. The Morgan fingerprint density at radius 3 is 2.83 bits per heavy atom. The summed E-state index contributed by atoms with van der Waals surface area (Å²) in [5.41, 5.74) is 4.06. The molecule has 1 fully saturated rings. The van der Waals surface area contributed by atoms with Crippen molar-refractivity contribution < 1.29 is 9.59 Å². The van der Waals surface area contributed by atoms with Crippen LogP contribution in [-0.2, 0) is 16.0 Å². The number of nitrogens with zero attached hydrogens (tertiary/aromatic N) is 2. The molecule has 2 aromatic rings. The zero-order chi connectivity index (χ0) is 16.8. The number of fused-ring (bicyclic) bond motifs is 1. The molecule has 1 unspecified atom stereocenters. The van der Waals surface area contributed by atoms with Crippen LogP contribution in [-0.4, -0.2) is 22.8 Å². The van der Waals surface area contributed by atoms with Gasteiger partial charge in [0.25, 0.3) is 0 Å². The molecule has 4 rings (SSSR count). The third kappa shape index (κ3) is 2.71. The Bertz CT molecular complexity index is 825. The highest BCUT2D eigenvalue weighted by Crippen LogP contribution is 2.36. The van der Waals surface area contributed by atoms with Crippen molar-refractivity contribution in [3.8, 4) is 11.3 Å². The van der Waals surface area contributed by atoms with E-state index in [0.29, 0.717) is 5.13 Å². The van der Waals surface area contributed by atoms with Gasteiger partial charge in [0.1, 0.15) is 0 Å². The van der Waals surface area contributed by atoms with Gasteiger partial charge in [0.2, 0.25) is 11.8 Å². The van der Waals surface area contributed by atoms with Gasteiger partial charge in [0.15, 0.2) is 5.13 Å². The lowest BCUT2D eigenvalue weighted by atomic mass is 10.1. The van der Waals surface area contributed by atoms with Gasteiger partial charge in [-0.25, -0.2) is 4.98 Å². The van der Waals surface area contributed by atoms with E-state index in [0.717, 1.165) is 36.2 Å². The van der Waals surface area contributed by atoms with Crippen LogP contribution in [0.1, 0.15) is 32.3 Å². The van der Waals surface area contributed by atoms with E-state index >= 15 is 0 Å². The monoisotopic (exact) mass is 341 g/mol. The molecule has 1 saturated carbocycles. The lowest BCUT2D eigenvalue weighted by molar-refractivity contribution is -0.117. The maximum atomic E-state index is 11.8. The van der Waals surface area contributed by atoms with E-state index in [9.17, 15) is 9.59 Å². The number of benzene rings is 1. The van der Waals surface area contributed by atoms with Gasteiger partial charge >= 0.3 is 0 Å². The van der Waals surface area contributed by atoms with Crippen molar-refractivity contribution in [2.45, 2.75) is 39.2 Å². The molecule has 2 aliphatic rings. The number of hydrogen-bond donors (Lipinski definition) is 1. The Morgan fingerprint density at radius 2 is 2.12 bits per heavy atom. The van der Waals surface area contributed by atoms with Crippen molar-refractivity contribution in [3.63, 3.8) is 0 Å². The van der Waals surface area contributed by atoms with E-state index in [1.165, 1.54) is 16.9 Å². The SMILES string of the molecule is CC(=O)N1c2ccc(-c3csc(NC(=O)C4CC4)n3)cc2CC1C.